The Morgan fingerprint density at radius 3 is 2.93 bits per heavy atom. The van der Waals surface area contributed by atoms with E-state index in [9.17, 15) is 15.3 Å². The van der Waals surface area contributed by atoms with Crippen molar-refractivity contribution < 1.29 is 24.8 Å². The minimum atomic E-state index is -0.742. The molecule has 0 aliphatic carbocycles. The summed E-state index contributed by atoms with van der Waals surface area (Å²) in [5, 5.41) is 32.0. The third-order valence-corrected chi connectivity index (χ3v) is 4.77. The number of benzene rings is 1. The number of phenolic OH excluding ortho intramolecular Hbond substituents is 1. The van der Waals surface area contributed by atoms with Crippen molar-refractivity contribution in [3.63, 3.8) is 0 Å². The summed E-state index contributed by atoms with van der Waals surface area (Å²) in [6.07, 6.45) is 1.53. The Balaban J connectivity index is 1.57. The van der Waals surface area contributed by atoms with Crippen LogP contribution in [0, 0.1) is 0 Å². The van der Waals surface area contributed by atoms with Gasteiger partial charge in [0.1, 0.15) is 30.2 Å². The van der Waals surface area contributed by atoms with E-state index in [4.69, 9.17) is 9.47 Å². The van der Waals surface area contributed by atoms with Crippen molar-refractivity contribution in [1.29, 1.82) is 0 Å². The van der Waals surface area contributed by atoms with Crippen LogP contribution in [0.15, 0.2) is 30.9 Å². The van der Waals surface area contributed by atoms with Gasteiger partial charge in [-0.15, -0.1) is 0 Å². The molecule has 0 saturated carbocycles. The van der Waals surface area contributed by atoms with Crippen LogP contribution in [0.5, 0.6) is 11.5 Å². The Kier molecular flexibility index (Phi) is 4.99. The first kappa shape index (κ1) is 18.4. The number of methoxy groups -OCH3 is 1. The summed E-state index contributed by atoms with van der Waals surface area (Å²) in [5.41, 5.74) is 1.97. The fourth-order valence-corrected chi connectivity index (χ4v) is 3.30. The van der Waals surface area contributed by atoms with E-state index >= 15 is 0 Å². The molecule has 10 nitrogen and oxygen atoms in total. The van der Waals surface area contributed by atoms with Gasteiger partial charge in [0.2, 0.25) is 0 Å². The summed E-state index contributed by atoms with van der Waals surface area (Å²) in [5.74, 6) is 1.23. The normalized spacial score (nSPS) is 21.9. The van der Waals surface area contributed by atoms with Crippen LogP contribution in [-0.2, 0) is 11.3 Å². The molecule has 1 unspecified atom stereocenters. The van der Waals surface area contributed by atoms with Crippen molar-refractivity contribution in [2.24, 2.45) is 0 Å². The molecule has 4 N–H and O–H groups in total. The number of nitrogens with zero attached hydrogens (tertiary/aromatic N) is 4. The number of hydrogen-bond donors (Lipinski definition) is 4. The molecule has 4 rings (SSSR count). The maximum absolute atomic E-state index is 9.97. The Hall–Kier alpha value is -2.95. The molecule has 3 aromatic rings. The van der Waals surface area contributed by atoms with Gasteiger partial charge in [0.15, 0.2) is 17.0 Å². The first-order chi connectivity index (χ1) is 13.6. The average molecular weight is 387 g/mol. The number of aromatic nitrogens is 4. The number of ether oxygens (including phenoxy) is 2. The zero-order valence-corrected chi connectivity index (χ0v) is 15.2. The zero-order valence-electron chi connectivity index (χ0n) is 15.2. The molecule has 3 heterocycles. The van der Waals surface area contributed by atoms with Crippen LogP contribution in [0.25, 0.3) is 11.2 Å². The van der Waals surface area contributed by atoms with Gasteiger partial charge in [-0.05, 0) is 12.1 Å². The van der Waals surface area contributed by atoms with Gasteiger partial charge in [-0.1, -0.05) is 0 Å². The van der Waals surface area contributed by atoms with E-state index in [1.54, 1.807) is 36.2 Å². The van der Waals surface area contributed by atoms with E-state index in [0.29, 0.717) is 35.7 Å². The fourth-order valence-electron chi connectivity index (χ4n) is 3.30. The van der Waals surface area contributed by atoms with Crippen molar-refractivity contribution in [3.05, 3.63) is 36.4 Å². The van der Waals surface area contributed by atoms with Crippen LogP contribution < -0.4 is 10.1 Å². The van der Waals surface area contributed by atoms with Crippen LogP contribution in [0.2, 0.25) is 0 Å². The third-order valence-electron chi connectivity index (χ3n) is 4.77. The first-order valence-electron chi connectivity index (χ1n) is 8.82. The molecule has 3 atom stereocenters. The van der Waals surface area contributed by atoms with Crippen molar-refractivity contribution in [2.45, 2.75) is 31.4 Å². The number of phenols is 1. The standard InChI is InChI=1S/C18H21N5O5/c1-27-13-4-11(25)3-2-10(13)6-19-17-16-18(21-8-20-17)23(9-22-16)15-5-12(26)14(7-24)28-15/h2-4,8-9,12,14-15,24-26H,5-7H2,1H3,(H,19,20,21)/t12-,14+,15?/m0/s1. The molecule has 10 heteroatoms. The molecule has 28 heavy (non-hydrogen) atoms. The highest BCUT2D eigenvalue weighted by molar-refractivity contribution is 5.82. The number of hydrogen-bond acceptors (Lipinski definition) is 9. The average Bonchev–Trinajstić information content (AvgIpc) is 3.30. The molecule has 1 aromatic carbocycles. The fraction of sp³-hybridized carbons (Fsp3) is 0.389. The van der Waals surface area contributed by atoms with E-state index in [-0.39, 0.29) is 12.4 Å². The highest BCUT2D eigenvalue weighted by atomic mass is 16.5. The number of nitrogens with one attached hydrogen (secondary N) is 1. The molecular weight excluding hydrogens is 366 g/mol. The van der Waals surface area contributed by atoms with Crippen LogP contribution in [-0.4, -0.2) is 60.8 Å². The van der Waals surface area contributed by atoms with E-state index in [1.165, 1.54) is 6.33 Å². The molecule has 1 aliphatic rings. The second-order valence-electron chi connectivity index (χ2n) is 6.51. The number of fused-ring (bicyclic) bond motifs is 1. The van der Waals surface area contributed by atoms with Crippen LogP contribution >= 0.6 is 0 Å². The Morgan fingerprint density at radius 1 is 1.32 bits per heavy atom. The summed E-state index contributed by atoms with van der Waals surface area (Å²) in [7, 11) is 1.54. The molecular formula is C18H21N5O5. The lowest BCUT2D eigenvalue weighted by molar-refractivity contribution is -0.0432. The second-order valence-corrected chi connectivity index (χ2v) is 6.51. The van der Waals surface area contributed by atoms with Gasteiger partial charge in [-0.2, -0.15) is 0 Å². The van der Waals surface area contributed by atoms with Gasteiger partial charge in [0, 0.05) is 24.6 Å². The van der Waals surface area contributed by atoms with E-state index < -0.39 is 18.4 Å². The lowest BCUT2D eigenvalue weighted by Crippen LogP contribution is -2.24. The number of aliphatic hydroxyl groups excluding tert-OH is 2. The monoisotopic (exact) mass is 387 g/mol. The van der Waals surface area contributed by atoms with Crippen molar-refractivity contribution in [1.82, 2.24) is 19.5 Å². The largest absolute Gasteiger partial charge is 0.508 e. The van der Waals surface area contributed by atoms with Gasteiger partial charge in [-0.3, -0.25) is 4.57 Å². The van der Waals surface area contributed by atoms with Crippen molar-refractivity contribution in [3.8, 4) is 11.5 Å². The number of imidazole rings is 1. The summed E-state index contributed by atoms with van der Waals surface area (Å²) >= 11 is 0. The topological polar surface area (TPSA) is 135 Å². The van der Waals surface area contributed by atoms with E-state index in [0.717, 1.165) is 5.56 Å². The number of aliphatic hydroxyl groups is 2. The highest BCUT2D eigenvalue weighted by Crippen LogP contribution is 2.32. The molecule has 0 spiro atoms. The summed E-state index contributed by atoms with van der Waals surface area (Å²) in [6, 6.07) is 4.90. The Morgan fingerprint density at radius 2 is 2.18 bits per heavy atom. The predicted octanol–water partition coefficient (Wildman–Crippen LogP) is 0.793. The number of aromatic hydroxyl groups is 1. The number of anilines is 1. The summed E-state index contributed by atoms with van der Waals surface area (Å²) < 4.78 is 12.7. The Bertz CT molecular complexity index is 978. The maximum Gasteiger partial charge on any atom is 0.167 e. The zero-order chi connectivity index (χ0) is 19.7. The molecule has 0 amide bonds. The smallest absolute Gasteiger partial charge is 0.167 e. The van der Waals surface area contributed by atoms with Gasteiger partial charge in [0.05, 0.1) is 26.1 Å². The second kappa shape index (κ2) is 7.58. The molecule has 2 aromatic heterocycles. The lowest BCUT2D eigenvalue weighted by atomic mass is 10.2. The van der Waals surface area contributed by atoms with Gasteiger partial charge < -0.3 is 30.1 Å². The van der Waals surface area contributed by atoms with Crippen LogP contribution in [0.3, 0.4) is 0 Å². The molecule has 0 radical (unpaired) electrons. The summed E-state index contributed by atoms with van der Waals surface area (Å²) in [6.45, 7) is 0.161. The minimum Gasteiger partial charge on any atom is -0.508 e. The minimum absolute atomic E-state index is 0.128. The van der Waals surface area contributed by atoms with Gasteiger partial charge >= 0.3 is 0 Å². The van der Waals surface area contributed by atoms with Gasteiger partial charge in [0.25, 0.3) is 0 Å². The van der Waals surface area contributed by atoms with Gasteiger partial charge in [-0.25, -0.2) is 15.0 Å². The third kappa shape index (κ3) is 3.33. The molecule has 1 aliphatic heterocycles. The quantitative estimate of drug-likeness (QED) is 0.484. The summed E-state index contributed by atoms with van der Waals surface area (Å²) in [4.78, 5) is 12.9. The number of rotatable bonds is 6. The molecule has 1 saturated heterocycles. The molecule has 1 fully saturated rings. The van der Waals surface area contributed by atoms with E-state index in [2.05, 4.69) is 20.3 Å². The first-order valence-corrected chi connectivity index (χ1v) is 8.82. The van der Waals surface area contributed by atoms with Crippen molar-refractivity contribution in [2.75, 3.05) is 19.0 Å². The van der Waals surface area contributed by atoms with Crippen molar-refractivity contribution >= 4 is 17.0 Å². The Labute approximate surface area is 160 Å². The van der Waals surface area contributed by atoms with E-state index in [1.807, 2.05) is 0 Å². The van der Waals surface area contributed by atoms with Crippen LogP contribution in [0.1, 0.15) is 18.2 Å². The maximum atomic E-state index is 9.97. The molecule has 0 bridgehead atoms. The van der Waals surface area contributed by atoms with Crippen LogP contribution in [0.4, 0.5) is 5.82 Å². The molecule has 148 valence electrons. The SMILES string of the molecule is COc1cc(O)ccc1CNc1ncnc2c1ncn2C1C[C@H](O)[C@@H](CO)O1. The predicted molar refractivity (Wildman–Crippen MR) is 98.9 cm³/mol. The highest BCUT2D eigenvalue weighted by Gasteiger charge is 2.35. The lowest BCUT2D eigenvalue weighted by Gasteiger charge is -2.14.